The fourth-order valence-corrected chi connectivity index (χ4v) is 2.83. The van der Waals surface area contributed by atoms with Crippen molar-refractivity contribution in [2.75, 3.05) is 5.32 Å². The van der Waals surface area contributed by atoms with E-state index >= 15 is 0 Å². The molecule has 0 aliphatic heterocycles. The summed E-state index contributed by atoms with van der Waals surface area (Å²) < 4.78 is 3.08. The maximum atomic E-state index is 12.3. The zero-order chi connectivity index (χ0) is 18.1. The number of nitrogens with one attached hydrogen (secondary N) is 1. The van der Waals surface area contributed by atoms with Crippen LogP contribution in [0.25, 0.3) is 5.65 Å². The maximum Gasteiger partial charge on any atom is 0.278 e. The van der Waals surface area contributed by atoms with Crippen LogP contribution < -0.4 is 5.32 Å². The van der Waals surface area contributed by atoms with E-state index in [4.69, 9.17) is 23.2 Å². The Balaban J connectivity index is 1.48. The highest BCUT2D eigenvalue weighted by Gasteiger charge is 2.14. The number of carbonyl (C=O) groups excluding carboxylic acids is 1. The van der Waals surface area contributed by atoms with Gasteiger partial charge in [0.05, 0.1) is 6.54 Å². The lowest BCUT2D eigenvalue weighted by Crippen LogP contribution is -2.14. The molecule has 0 bridgehead atoms. The van der Waals surface area contributed by atoms with E-state index in [1.165, 1.54) is 10.8 Å². The molecule has 4 rings (SSSR count). The van der Waals surface area contributed by atoms with Crippen LogP contribution in [0.5, 0.6) is 0 Å². The van der Waals surface area contributed by atoms with Crippen LogP contribution in [0.3, 0.4) is 0 Å². The second-order valence-corrected chi connectivity index (χ2v) is 6.25. The van der Waals surface area contributed by atoms with Crippen molar-refractivity contribution in [2.24, 2.45) is 0 Å². The second-order valence-electron chi connectivity index (χ2n) is 5.41. The van der Waals surface area contributed by atoms with Crippen molar-refractivity contribution < 1.29 is 4.79 Å². The Bertz CT molecular complexity index is 1070. The third kappa shape index (κ3) is 3.37. The number of aromatic nitrogens is 6. The fourth-order valence-electron chi connectivity index (χ4n) is 2.36. The Hall–Kier alpha value is -2.97. The van der Waals surface area contributed by atoms with Crippen molar-refractivity contribution in [2.45, 2.75) is 6.54 Å². The summed E-state index contributed by atoms with van der Waals surface area (Å²) in [6, 6.07) is 8.54. The molecule has 0 aliphatic carbocycles. The molecule has 0 atom stereocenters. The molecule has 4 aromatic rings. The molecule has 26 heavy (non-hydrogen) atoms. The first-order chi connectivity index (χ1) is 12.6. The SMILES string of the molecule is O=C(Nc1ncn(Cc2ccc(Cl)cc2Cl)n1)c1cc2ncccn2n1. The first-order valence-electron chi connectivity index (χ1n) is 7.53. The standard InChI is InChI=1S/C16H11Cl2N7O/c17-11-3-2-10(12(18)6-11)8-24-9-20-16(23-24)21-15(26)13-7-14-19-4-1-5-25(14)22-13/h1-7,9H,8H2,(H,21,23,26). The minimum atomic E-state index is -0.419. The molecule has 0 radical (unpaired) electrons. The molecule has 0 saturated heterocycles. The van der Waals surface area contributed by atoms with Crippen molar-refractivity contribution >= 4 is 40.7 Å². The van der Waals surface area contributed by atoms with E-state index < -0.39 is 5.91 Å². The van der Waals surface area contributed by atoms with Crippen LogP contribution in [0.4, 0.5) is 5.95 Å². The van der Waals surface area contributed by atoms with Crippen molar-refractivity contribution in [1.29, 1.82) is 0 Å². The van der Waals surface area contributed by atoms with Gasteiger partial charge >= 0.3 is 0 Å². The van der Waals surface area contributed by atoms with Gasteiger partial charge in [-0.05, 0) is 23.8 Å². The van der Waals surface area contributed by atoms with Crippen LogP contribution in [0.2, 0.25) is 10.0 Å². The van der Waals surface area contributed by atoms with Gasteiger partial charge in [-0.25, -0.2) is 19.2 Å². The molecule has 3 aromatic heterocycles. The predicted molar refractivity (Wildman–Crippen MR) is 96.5 cm³/mol. The highest BCUT2D eigenvalue weighted by Crippen LogP contribution is 2.21. The Morgan fingerprint density at radius 1 is 1.15 bits per heavy atom. The number of hydrogen-bond acceptors (Lipinski definition) is 5. The topological polar surface area (TPSA) is 90.0 Å². The number of anilines is 1. The Morgan fingerprint density at radius 3 is 2.85 bits per heavy atom. The highest BCUT2D eigenvalue weighted by atomic mass is 35.5. The van der Waals surface area contributed by atoms with E-state index in [-0.39, 0.29) is 11.6 Å². The van der Waals surface area contributed by atoms with E-state index in [9.17, 15) is 4.79 Å². The van der Waals surface area contributed by atoms with Crippen molar-refractivity contribution in [3.8, 4) is 0 Å². The van der Waals surface area contributed by atoms with Gasteiger partial charge < -0.3 is 0 Å². The minimum Gasteiger partial charge on any atom is -0.288 e. The van der Waals surface area contributed by atoms with Gasteiger partial charge in [-0.2, -0.15) is 5.10 Å². The maximum absolute atomic E-state index is 12.3. The highest BCUT2D eigenvalue weighted by molar-refractivity contribution is 6.35. The lowest BCUT2D eigenvalue weighted by atomic mass is 10.2. The van der Waals surface area contributed by atoms with E-state index in [0.29, 0.717) is 22.2 Å². The first kappa shape index (κ1) is 16.5. The molecule has 1 amide bonds. The van der Waals surface area contributed by atoms with Gasteiger partial charge in [0.2, 0.25) is 5.95 Å². The number of fused-ring (bicyclic) bond motifs is 1. The lowest BCUT2D eigenvalue weighted by molar-refractivity contribution is 0.102. The first-order valence-corrected chi connectivity index (χ1v) is 8.29. The molecule has 8 nitrogen and oxygen atoms in total. The normalized spacial score (nSPS) is 11.0. The molecule has 0 spiro atoms. The number of rotatable bonds is 4. The van der Waals surface area contributed by atoms with Gasteiger partial charge in [0, 0.05) is 28.5 Å². The van der Waals surface area contributed by atoms with E-state index in [1.807, 2.05) is 6.07 Å². The molecule has 10 heteroatoms. The van der Waals surface area contributed by atoms with E-state index in [1.54, 1.807) is 41.3 Å². The summed E-state index contributed by atoms with van der Waals surface area (Å²) in [5, 5.41) is 12.1. The molecule has 1 aromatic carbocycles. The van der Waals surface area contributed by atoms with Crippen molar-refractivity contribution in [3.63, 3.8) is 0 Å². The average Bonchev–Trinajstić information content (AvgIpc) is 3.24. The van der Waals surface area contributed by atoms with Crippen LogP contribution in [0, 0.1) is 0 Å². The summed E-state index contributed by atoms with van der Waals surface area (Å²) in [5.74, 6) is -0.247. The molecular weight excluding hydrogens is 377 g/mol. The van der Waals surface area contributed by atoms with Crippen LogP contribution >= 0.6 is 23.2 Å². The molecular formula is C16H11Cl2N7O. The van der Waals surface area contributed by atoms with Gasteiger partial charge in [-0.15, -0.1) is 5.10 Å². The largest absolute Gasteiger partial charge is 0.288 e. The Kier molecular flexibility index (Phi) is 4.27. The summed E-state index contributed by atoms with van der Waals surface area (Å²) in [6.07, 6.45) is 4.84. The van der Waals surface area contributed by atoms with E-state index in [2.05, 4.69) is 25.5 Å². The van der Waals surface area contributed by atoms with Crippen LogP contribution in [-0.2, 0) is 6.54 Å². The zero-order valence-electron chi connectivity index (χ0n) is 13.2. The molecule has 0 fully saturated rings. The second kappa shape index (κ2) is 6.74. The molecule has 3 heterocycles. The predicted octanol–water partition coefficient (Wildman–Crippen LogP) is 2.93. The van der Waals surface area contributed by atoms with Gasteiger partial charge in [-0.3, -0.25) is 10.1 Å². The average molecular weight is 388 g/mol. The fraction of sp³-hybridized carbons (Fsp3) is 0.0625. The lowest BCUT2D eigenvalue weighted by Gasteiger charge is -2.04. The summed E-state index contributed by atoms with van der Waals surface area (Å²) in [5.41, 5.74) is 1.64. The van der Waals surface area contributed by atoms with Gasteiger partial charge in [0.1, 0.15) is 6.33 Å². The summed E-state index contributed by atoms with van der Waals surface area (Å²) in [7, 11) is 0. The molecule has 0 saturated carbocycles. The Morgan fingerprint density at radius 2 is 2.04 bits per heavy atom. The number of carbonyl (C=O) groups is 1. The van der Waals surface area contributed by atoms with Gasteiger partial charge in [0.15, 0.2) is 11.3 Å². The zero-order valence-corrected chi connectivity index (χ0v) is 14.7. The third-order valence-electron chi connectivity index (χ3n) is 3.58. The van der Waals surface area contributed by atoms with Crippen molar-refractivity contribution in [3.05, 3.63) is 70.4 Å². The number of amides is 1. The molecule has 1 N–H and O–H groups in total. The smallest absolute Gasteiger partial charge is 0.278 e. The minimum absolute atomic E-state index is 0.171. The number of hydrogen-bond donors (Lipinski definition) is 1. The number of benzene rings is 1. The van der Waals surface area contributed by atoms with Crippen molar-refractivity contribution in [1.82, 2.24) is 29.4 Å². The van der Waals surface area contributed by atoms with Gasteiger partial charge in [0.25, 0.3) is 5.91 Å². The molecule has 0 unspecified atom stereocenters. The monoisotopic (exact) mass is 387 g/mol. The number of nitrogens with zero attached hydrogens (tertiary/aromatic N) is 6. The number of halogens is 2. The summed E-state index contributed by atoms with van der Waals surface area (Å²) >= 11 is 12.0. The molecule has 130 valence electrons. The van der Waals surface area contributed by atoms with Crippen LogP contribution in [0.15, 0.2) is 49.1 Å². The van der Waals surface area contributed by atoms with Crippen LogP contribution in [0.1, 0.15) is 16.1 Å². The summed E-state index contributed by atoms with van der Waals surface area (Å²) in [6.45, 7) is 0.400. The Labute approximate surface area is 157 Å². The molecule has 0 aliphatic rings. The van der Waals surface area contributed by atoms with Gasteiger partial charge in [-0.1, -0.05) is 29.3 Å². The quantitative estimate of drug-likeness (QED) is 0.581. The van der Waals surface area contributed by atoms with E-state index in [0.717, 1.165) is 5.56 Å². The van der Waals surface area contributed by atoms with Crippen LogP contribution in [-0.4, -0.2) is 35.3 Å². The summed E-state index contributed by atoms with van der Waals surface area (Å²) in [4.78, 5) is 20.5. The third-order valence-corrected chi connectivity index (χ3v) is 4.17.